The zero-order chi connectivity index (χ0) is 22.9. The molecule has 1 atom stereocenters. The van der Waals surface area contributed by atoms with Crippen molar-refractivity contribution in [2.45, 2.75) is 44.6 Å². The van der Waals surface area contributed by atoms with Crippen LogP contribution in [-0.2, 0) is 17.8 Å². The summed E-state index contributed by atoms with van der Waals surface area (Å²) in [5.74, 6) is 2.03. The lowest BCUT2D eigenvalue weighted by Gasteiger charge is -2.33. The third-order valence-corrected chi connectivity index (χ3v) is 7.06. The van der Waals surface area contributed by atoms with E-state index in [1.807, 2.05) is 36.2 Å². The van der Waals surface area contributed by atoms with Gasteiger partial charge in [0.1, 0.15) is 11.6 Å². The van der Waals surface area contributed by atoms with Crippen molar-refractivity contribution in [2.24, 2.45) is 0 Å². The van der Waals surface area contributed by atoms with Crippen molar-refractivity contribution in [1.82, 2.24) is 19.8 Å². The molecule has 0 bridgehead atoms. The number of hydrogen-bond donors (Lipinski definition) is 1. The van der Waals surface area contributed by atoms with Gasteiger partial charge in [0.05, 0.1) is 5.69 Å². The molecule has 0 unspecified atom stereocenters. The van der Waals surface area contributed by atoms with Gasteiger partial charge >= 0.3 is 0 Å². The van der Waals surface area contributed by atoms with Crippen LogP contribution in [0.4, 0.5) is 11.5 Å². The molecule has 2 aromatic rings. The third-order valence-electron chi connectivity index (χ3n) is 7.06. The van der Waals surface area contributed by atoms with Crippen LogP contribution in [0.15, 0.2) is 24.3 Å². The maximum atomic E-state index is 13.4. The highest BCUT2D eigenvalue weighted by atomic mass is 16.2. The first-order chi connectivity index (χ1) is 16.0. The highest BCUT2D eigenvalue weighted by Gasteiger charge is 2.30. The largest absolute Gasteiger partial charge is 0.373 e. The first-order valence-electron chi connectivity index (χ1n) is 12.0. The van der Waals surface area contributed by atoms with Crippen molar-refractivity contribution >= 4 is 23.3 Å². The van der Waals surface area contributed by atoms with Crippen LogP contribution in [0.5, 0.6) is 0 Å². The summed E-state index contributed by atoms with van der Waals surface area (Å²) in [7, 11) is 4.03. The van der Waals surface area contributed by atoms with Crippen LogP contribution in [0.1, 0.15) is 59.0 Å². The molecule has 0 radical (unpaired) electrons. The van der Waals surface area contributed by atoms with Crippen LogP contribution in [0.2, 0.25) is 0 Å². The average Bonchev–Trinajstić information content (AvgIpc) is 3.29. The van der Waals surface area contributed by atoms with Crippen molar-refractivity contribution in [3.63, 3.8) is 0 Å². The summed E-state index contributed by atoms with van der Waals surface area (Å²) in [6, 6.07) is 7.50. The number of amides is 2. The predicted molar refractivity (Wildman–Crippen MR) is 128 cm³/mol. The van der Waals surface area contributed by atoms with E-state index in [1.54, 1.807) is 4.90 Å². The van der Waals surface area contributed by atoms with Crippen LogP contribution in [0.25, 0.3) is 0 Å². The number of benzene rings is 1. The standard InChI is InChI=1S/C25H32N6O2/c1-26-24-20-16-29(2)13-10-21(20)27-23(28-24)18-7-4-11-30(15-18)25(33)17-6-3-8-19(14-17)31-12-5-9-22(31)32/h3,6,8,14,18H,4-5,7,9-13,15-16H2,1-2H3,(H,26,27,28)/t18-/m1/s1. The lowest BCUT2D eigenvalue weighted by Crippen LogP contribution is -2.40. The molecule has 1 N–H and O–H groups in total. The van der Waals surface area contributed by atoms with Crippen molar-refractivity contribution < 1.29 is 9.59 Å². The highest BCUT2D eigenvalue weighted by Crippen LogP contribution is 2.30. The van der Waals surface area contributed by atoms with Crippen LogP contribution < -0.4 is 10.2 Å². The fraction of sp³-hybridized carbons (Fsp3) is 0.520. The summed E-state index contributed by atoms with van der Waals surface area (Å²) >= 11 is 0. The van der Waals surface area contributed by atoms with Crippen LogP contribution in [0, 0.1) is 0 Å². The number of fused-ring (bicyclic) bond motifs is 1. The lowest BCUT2D eigenvalue weighted by molar-refractivity contribution is -0.117. The van der Waals surface area contributed by atoms with E-state index in [1.165, 1.54) is 5.56 Å². The van der Waals surface area contributed by atoms with E-state index in [0.717, 1.165) is 74.9 Å². The molecule has 3 aliphatic rings. The van der Waals surface area contributed by atoms with Gasteiger partial charge in [0.2, 0.25) is 5.91 Å². The number of carbonyl (C=O) groups is 2. The summed E-state index contributed by atoms with van der Waals surface area (Å²) < 4.78 is 0. The normalized spacial score (nSPS) is 21.3. The monoisotopic (exact) mass is 448 g/mol. The second kappa shape index (κ2) is 9.09. The van der Waals surface area contributed by atoms with Gasteiger partial charge in [-0.1, -0.05) is 6.07 Å². The number of carbonyl (C=O) groups excluding carboxylic acids is 2. The molecule has 0 spiro atoms. The van der Waals surface area contributed by atoms with Gasteiger partial charge in [-0.25, -0.2) is 9.97 Å². The number of likely N-dealkylation sites (N-methyl/N-ethyl adjacent to an activating group) is 1. The van der Waals surface area contributed by atoms with Crippen LogP contribution >= 0.6 is 0 Å². The Morgan fingerprint density at radius 2 is 2.00 bits per heavy atom. The van der Waals surface area contributed by atoms with E-state index in [-0.39, 0.29) is 17.7 Å². The number of piperidine rings is 1. The summed E-state index contributed by atoms with van der Waals surface area (Å²) in [4.78, 5) is 41.4. The first-order valence-corrected chi connectivity index (χ1v) is 12.0. The van der Waals surface area contributed by atoms with Crippen LogP contribution in [-0.4, -0.2) is 71.9 Å². The maximum Gasteiger partial charge on any atom is 0.253 e. The molecule has 174 valence electrons. The maximum absolute atomic E-state index is 13.4. The number of likely N-dealkylation sites (tertiary alicyclic amines) is 1. The van der Waals surface area contributed by atoms with E-state index >= 15 is 0 Å². The van der Waals surface area contributed by atoms with Crippen LogP contribution in [0.3, 0.4) is 0 Å². The molecule has 0 saturated carbocycles. The summed E-state index contributed by atoms with van der Waals surface area (Å²) in [6.07, 6.45) is 4.29. The molecular weight excluding hydrogens is 416 g/mol. The van der Waals surface area contributed by atoms with Crippen molar-refractivity contribution in [2.75, 3.05) is 50.5 Å². The molecule has 2 saturated heterocycles. The molecule has 5 rings (SSSR count). The van der Waals surface area contributed by atoms with Gasteiger partial charge in [-0.2, -0.15) is 0 Å². The summed E-state index contributed by atoms with van der Waals surface area (Å²) in [5, 5.41) is 3.26. The molecule has 1 aromatic carbocycles. The topological polar surface area (TPSA) is 81.7 Å². The summed E-state index contributed by atoms with van der Waals surface area (Å²) in [5.41, 5.74) is 3.78. The van der Waals surface area contributed by atoms with E-state index in [2.05, 4.69) is 17.3 Å². The van der Waals surface area contributed by atoms with Crippen molar-refractivity contribution in [1.29, 1.82) is 0 Å². The van der Waals surface area contributed by atoms with Gasteiger partial charge in [0.25, 0.3) is 5.91 Å². The fourth-order valence-corrected chi connectivity index (χ4v) is 5.24. The van der Waals surface area contributed by atoms with Crippen molar-refractivity contribution in [3.05, 3.63) is 46.9 Å². The Balaban J connectivity index is 1.35. The van der Waals surface area contributed by atoms with Gasteiger partial charge < -0.3 is 20.0 Å². The number of aromatic nitrogens is 2. The quantitative estimate of drug-likeness (QED) is 0.775. The zero-order valence-corrected chi connectivity index (χ0v) is 19.5. The fourth-order valence-electron chi connectivity index (χ4n) is 5.24. The Hall–Kier alpha value is -3.00. The zero-order valence-electron chi connectivity index (χ0n) is 19.5. The Morgan fingerprint density at radius 1 is 1.12 bits per heavy atom. The predicted octanol–water partition coefficient (Wildman–Crippen LogP) is 2.65. The second-order valence-corrected chi connectivity index (χ2v) is 9.38. The highest BCUT2D eigenvalue weighted by molar-refractivity contribution is 5.99. The van der Waals surface area contributed by atoms with E-state index < -0.39 is 0 Å². The molecular formula is C25H32N6O2. The van der Waals surface area contributed by atoms with Crippen molar-refractivity contribution in [3.8, 4) is 0 Å². The Kier molecular flexibility index (Phi) is 6.01. The minimum atomic E-state index is 0.0154. The molecule has 33 heavy (non-hydrogen) atoms. The minimum absolute atomic E-state index is 0.0154. The molecule has 4 heterocycles. The molecule has 1 aromatic heterocycles. The van der Waals surface area contributed by atoms with Gasteiger partial charge in [-0.3, -0.25) is 9.59 Å². The summed E-state index contributed by atoms with van der Waals surface area (Å²) in [6.45, 7) is 3.93. The first kappa shape index (κ1) is 21.8. The lowest BCUT2D eigenvalue weighted by atomic mass is 9.95. The Bertz CT molecular complexity index is 1050. The third kappa shape index (κ3) is 4.31. The molecule has 8 heteroatoms. The number of nitrogens with zero attached hydrogens (tertiary/aromatic N) is 5. The molecule has 2 fully saturated rings. The minimum Gasteiger partial charge on any atom is -0.373 e. The number of hydrogen-bond acceptors (Lipinski definition) is 6. The number of anilines is 2. The van der Waals surface area contributed by atoms with Gasteiger partial charge in [0, 0.05) is 75.3 Å². The van der Waals surface area contributed by atoms with E-state index in [4.69, 9.17) is 9.97 Å². The molecule has 3 aliphatic heterocycles. The Labute approximate surface area is 195 Å². The smallest absolute Gasteiger partial charge is 0.253 e. The Morgan fingerprint density at radius 3 is 2.79 bits per heavy atom. The number of rotatable bonds is 4. The average molecular weight is 449 g/mol. The molecule has 8 nitrogen and oxygen atoms in total. The van der Waals surface area contributed by atoms with Gasteiger partial charge in [-0.05, 0) is 44.5 Å². The van der Waals surface area contributed by atoms with Gasteiger partial charge in [-0.15, -0.1) is 0 Å². The molecule has 0 aliphatic carbocycles. The molecule has 2 amide bonds. The van der Waals surface area contributed by atoms with E-state index in [9.17, 15) is 9.59 Å². The SMILES string of the molecule is CNc1nc([C@@H]2CCCN(C(=O)c3cccc(N4CCCC4=O)c3)C2)nc2c1CN(C)CC2. The van der Waals surface area contributed by atoms with Gasteiger partial charge in [0.15, 0.2) is 0 Å². The number of nitrogens with one attached hydrogen (secondary N) is 1. The van der Waals surface area contributed by atoms with E-state index in [0.29, 0.717) is 18.5 Å². The second-order valence-electron chi connectivity index (χ2n) is 9.38.